The van der Waals surface area contributed by atoms with Crippen molar-refractivity contribution >= 4 is 23.5 Å². The van der Waals surface area contributed by atoms with E-state index in [1.807, 2.05) is 18.2 Å². The molecule has 5 nitrogen and oxygen atoms in total. The molecule has 0 radical (unpaired) electrons. The molecule has 0 heterocycles. The zero-order valence-electron chi connectivity index (χ0n) is 12.4. The molecule has 0 aromatic heterocycles. The van der Waals surface area contributed by atoms with Crippen molar-refractivity contribution in [1.29, 1.82) is 0 Å². The zero-order valence-corrected chi connectivity index (χ0v) is 13.2. The molecule has 0 amide bonds. The van der Waals surface area contributed by atoms with Gasteiger partial charge in [0.15, 0.2) is 16.6 Å². The van der Waals surface area contributed by atoms with Gasteiger partial charge in [-0.25, -0.2) is 0 Å². The molecule has 0 aliphatic rings. The van der Waals surface area contributed by atoms with Gasteiger partial charge in [0.05, 0.1) is 19.9 Å². The number of ether oxygens (including phenoxy) is 2. The van der Waals surface area contributed by atoms with Crippen molar-refractivity contribution in [2.45, 2.75) is 19.8 Å². The number of allylic oxidation sites excluding steroid dienone is 1. The second-order valence-electron chi connectivity index (χ2n) is 4.29. The Morgan fingerprint density at radius 2 is 2.29 bits per heavy atom. The first-order valence-electron chi connectivity index (χ1n) is 6.65. The molecule has 0 saturated carbocycles. The summed E-state index contributed by atoms with van der Waals surface area (Å²) >= 11 is 4.69. The van der Waals surface area contributed by atoms with Gasteiger partial charge in [0, 0.05) is 5.56 Å². The van der Waals surface area contributed by atoms with Crippen LogP contribution in [-0.2, 0) is 6.42 Å². The third-order valence-electron chi connectivity index (χ3n) is 2.58. The van der Waals surface area contributed by atoms with Gasteiger partial charge in [-0.2, -0.15) is 5.10 Å². The summed E-state index contributed by atoms with van der Waals surface area (Å²) in [5, 5.41) is 4.06. The van der Waals surface area contributed by atoms with Crippen LogP contribution < -0.4 is 20.6 Å². The van der Waals surface area contributed by atoms with E-state index in [9.17, 15) is 0 Å². The van der Waals surface area contributed by atoms with Gasteiger partial charge in [-0.05, 0) is 42.8 Å². The molecule has 0 aliphatic carbocycles. The quantitative estimate of drug-likeness (QED) is 0.334. The van der Waals surface area contributed by atoms with Crippen LogP contribution in [0.4, 0.5) is 0 Å². The smallest absolute Gasteiger partial charge is 0.184 e. The number of hydrogen-bond donors (Lipinski definition) is 2. The Morgan fingerprint density at radius 1 is 1.52 bits per heavy atom. The van der Waals surface area contributed by atoms with Crippen LogP contribution in [0.25, 0.3) is 0 Å². The first-order chi connectivity index (χ1) is 10.1. The van der Waals surface area contributed by atoms with Crippen molar-refractivity contribution < 1.29 is 9.47 Å². The Kier molecular flexibility index (Phi) is 7.25. The number of hydrazone groups is 1. The largest absolute Gasteiger partial charge is 0.493 e. The van der Waals surface area contributed by atoms with Gasteiger partial charge < -0.3 is 15.2 Å². The molecule has 0 bridgehead atoms. The molecule has 6 heteroatoms. The van der Waals surface area contributed by atoms with Gasteiger partial charge in [0.2, 0.25) is 0 Å². The van der Waals surface area contributed by atoms with Crippen molar-refractivity contribution in [2.75, 3.05) is 13.7 Å². The SMILES string of the molecule is C=CCc1cc(C=NNC(N)=S)cc(OC)c1OCCC. The molecule has 114 valence electrons. The van der Waals surface area contributed by atoms with E-state index in [0.29, 0.717) is 18.8 Å². The van der Waals surface area contributed by atoms with Gasteiger partial charge in [0.25, 0.3) is 0 Å². The Balaban J connectivity index is 3.12. The molecule has 21 heavy (non-hydrogen) atoms. The van der Waals surface area contributed by atoms with Crippen molar-refractivity contribution in [3.8, 4) is 11.5 Å². The van der Waals surface area contributed by atoms with E-state index in [0.717, 1.165) is 23.3 Å². The fourth-order valence-electron chi connectivity index (χ4n) is 1.76. The molecule has 1 aromatic carbocycles. The Bertz CT molecular complexity index is 530. The van der Waals surface area contributed by atoms with Crippen molar-refractivity contribution in [2.24, 2.45) is 10.8 Å². The van der Waals surface area contributed by atoms with Gasteiger partial charge in [-0.3, -0.25) is 5.43 Å². The number of nitrogens with zero attached hydrogens (tertiary/aromatic N) is 1. The number of benzene rings is 1. The van der Waals surface area contributed by atoms with E-state index >= 15 is 0 Å². The minimum atomic E-state index is 0.118. The molecule has 0 unspecified atom stereocenters. The fourth-order valence-corrected chi connectivity index (χ4v) is 1.81. The fraction of sp³-hybridized carbons (Fsp3) is 0.333. The minimum absolute atomic E-state index is 0.118. The molecule has 1 aromatic rings. The van der Waals surface area contributed by atoms with Crippen LogP contribution in [0.3, 0.4) is 0 Å². The monoisotopic (exact) mass is 307 g/mol. The highest BCUT2D eigenvalue weighted by molar-refractivity contribution is 7.80. The summed E-state index contributed by atoms with van der Waals surface area (Å²) in [6.07, 6.45) is 5.05. The minimum Gasteiger partial charge on any atom is -0.493 e. The third-order valence-corrected chi connectivity index (χ3v) is 2.67. The first kappa shape index (κ1) is 17.0. The maximum atomic E-state index is 5.78. The molecule has 0 fully saturated rings. The van der Waals surface area contributed by atoms with Crippen molar-refractivity contribution in [3.63, 3.8) is 0 Å². The predicted molar refractivity (Wildman–Crippen MR) is 90.2 cm³/mol. The number of rotatable bonds is 8. The average molecular weight is 307 g/mol. The molecule has 0 aliphatic heterocycles. The molecule has 1 rings (SSSR count). The number of methoxy groups -OCH3 is 1. The van der Waals surface area contributed by atoms with Gasteiger partial charge >= 0.3 is 0 Å². The van der Waals surface area contributed by atoms with Gasteiger partial charge in [0.1, 0.15) is 0 Å². The number of thiocarbonyl (C=S) groups is 1. The number of nitrogens with one attached hydrogen (secondary N) is 1. The number of hydrogen-bond acceptors (Lipinski definition) is 4. The number of nitrogens with two attached hydrogens (primary N) is 1. The lowest BCUT2D eigenvalue weighted by molar-refractivity contribution is 0.291. The van der Waals surface area contributed by atoms with E-state index in [4.69, 9.17) is 27.4 Å². The van der Waals surface area contributed by atoms with Crippen LogP contribution in [0.5, 0.6) is 11.5 Å². The van der Waals surface area contributed by atoms with Crippen molar-refractivity contribution in [1.82, 2.24) is 5.43 Å². The van der Waals surface area contributed by atoms with E-state index in [1.54, 1.807) is 13.3 Å². The molecule has 0 atom stereocenters. The molecular formula is C15H21N3O2S. The van der Waals surface area contributed by atoms with Crippen LogP contribution >= 0.6 is 12.2 Å². The molecular weight excluding hydrogens is 286 g/mol. The summed E-state index contributed by atoms with van der Waals surface area (Å²) in [7, 11) is 1.61. The summed E-state index contributed by atoms with van der Waals surface area (Å²) in [6.45, 7) is 6.47. The summed E-state index contributed by atoms with van der Waals surface area (Å²) in [5.41, 5.74) is 9.69. The van der Waals surface area contributed by atoms with Gasteiger partial charge in [-0.15, -0.1) is 6.58 Å². The first-order valence-corrected chi connectivity index (χ1v) is 7.06. The predicted octanol–water partition coefficient (Wildman–Crippen LogP) is 2.38. The van der Waals surface area contributed by atoms with Crippen LogP contribution in [0.2, 0.25) is 0 Å². The lowest BCUT2D eigenvalue weighted by Crippen LogP contribution is -2.24. The highest BCUT2D eigenvalue weighted by Crippen LogP contribution is 2.33. The third kappa shape index (κ3) is 5.43. The second-order valence-corrected chi connectivity index (χ2v) is 4.73. The lowest BCUT2D eigenvalue weighted by atomic mass is 10.1. The van der Waals surface area contributed by atoms with E-state index in [2.05, 4.69) is 24.0 Å². The summed E-state index contributed by atoms with van der Waals surface area (Å²) < 4.78 is 11.2. The molecule has 0 spiro atoms. The standard InChI is InChI=1S/C15H21N3O2S/c1-4-6-12-8-11(10-17-18-15(16)21)9-13(19-3)14(12)20-7-5-2/h4,8-10H,1,5-7H2,2-3H3,(H3,16,18,21). The maximum absolute atomic E-state index is 5.78. The highest BCUT2D eigenvalue weighted by atomic mass is 32.1. The van der Waals surface area contributed by atoms with E-state index in [-0.39, 0.29) is 5.11 Å². The van der Waals surface area contributed by atoms with E-state index < -0.39 is 0 Å². The average Bonchev–Trinajstić information content (AvgIpc) is 2.45. The van der Waals surface area contributed by atoms with Gasteiger partial charge in [-0.1, -0.05) is 13.0 Å². The van der Waals surface area contributed by atoms with Crippen LogP contribution in [0, 0.1) is 0 Å². The van der Waals surface area contributed by atoms with Crippen molar-refractivity contribution in [3.05, 3.63) is 35.9 Å². The Hall–Kier alpha value is -2.08. The normalized spacial score (nSPS) is 10.4. The van der Waals surface area contributed by atoms with Crippen LogP contribution in [0.15, 0.2) is 29.9 Å². The van der Waals surface area contributed by atoms with E-state index in [1.165, 1.54) is 0 Å². The second kappa shape index (κ2) is 8.97. The molecule has 3 N–H and O–H groups in total. The zero-order chi connectivity index (χ0) is 15.7. The highest BCUT2D eigenvalue weighted by Gasteiger charge is 2.11. The lowest BCUT2D eigenvalue weighted by Gasteiger charge is -2.15. The summed E-state index contributed by atoms with van der Waals surface area (Å²) in [6, 6.07) is 3.82. The Labute approximate surface area is 130 Å². The molecule has 0 saturated heterocycles. The summed E-state index contributed by atoms with van der Waals surface area (Å²) in [5.74, 6) is 1.42. The van der Waals surface area contributed by atoms with Crippen LogP contribution in [-0.4, -0.2) is 25.0 Å². The Morgan fingerprint density at radius 3 is 2.86 bits per heavy atom. The van der Waals surface area contributed by atoms with Crippen LogP contribution in [0.1, 0.15) is 24.5 Å². The topological polar surface area (TPSA) is 68.9 Å². The summed E-state index contributed by atoms with van der Waals surface area (Å²) in [4.78, 5) is 0. The maximum Gasteiger partial charge on any atom is 0.184 e.